The summed E-state index contributed by atoms with van der Waals surface area (Å²) in [4.78, 5) is 16.4. The van der Waals surface area contributed by atoms with Gasteiger partial charge >= 0.3 is 0 Å². The van der Waals surface area contributed by atoms with Crippen LogP contribution in [0.15, 0.2) is 61.2 Å². The highest BCUT2D eigenvalue weighted by atomic mass is 16.5. The van der Waals surface area contributed by atoms with E-state index in [0.29, 0.717) is 30.2 Å². The highest BCUT2D eigenvalue weighted by Gasteiger charge is 2.10. The highest BCUT2D eigenvalue weighted by molar-refractivity contribution is 6.05. The molecule has 0 aliphatic carbocycles. The molecule has 1 amide bonds. The topological polar surface area (TPSA) is 69.0 Å². The van der Waals surface area contributed by atoms with Gasteiger partial charge < -0.3 is 10.1 Å². The van der Waals surface area contributed by atoms with E-state index in [-0.39, 0.29) is 5.91 Å². The highest BCUT2D eigenvalue weighted by Crippen LogP contribution is 2.24. The van der Waals surface area contributed by atoms with Gasteiger partial charge in [-0.15, -0.1) is 0 Å². The van der Waals surface area contributed by atoms with E-state index in [4.69, 9.17) is 4.74 Å². The molecule has 0 saturated carbocycles. The first kappa shape index (κ1) is 16.7. The maximum Gasteiger partial charge on any atom is 0.255 e. The number of nitrogens with zero attached hydrogens (tertiary/aromatic N) is 3. The number of rotatable bonds is 7. The van der Waals surface area contributed by atoms with E-state index in [1.807, 2.05) is 43.3 Å². The molecule has 0 spiro atoms. The quantitative estimate of drug-likeness (QED) is 0.718. The normalized spacial score (nSPS) is 10.4. The Hall–Kier alpha value is -3.15. The van der Waals surface area contributed by atoms with Crippen molar-refractivity contribution in [1.82, 2.24) is 14.8 Å². The van der Waals surface area contributed by atoms with Gasteiger partial charge in [0.1, 0.15) is 18.4 Å². The summed E-state index contributed by atoms with van der Waals surface area (Å²) in [7, 11) is 0. The molecule has 0 radical (unpaired) electrons. The molecule has 6 nitrogen and oxygen atoms in total. The monoisotopic (exact) mass is 336 g/mol. The van der Waals surface area contributed by atoms with Gasteiger partial charge in [-0.1, -0.05) is 31.2 Å². The second-order valence-corrected chi connectivity index (χ2v) is 5.59. The van der Waals surface area contributed by atoms with Crippen molar-refractivity contribution < 1.29 is 9.53 Å². The summed E-state index contributed by atoms with van der Waals surface area (Å²) in [6.45, 7) is 3.28. The van der Waals surface area contributed by atoms with Crippen LogP contribution in [0.1, 0.15) is 29.3 Å². The Bertz CT molecular complexity index is 814. The lowest BCUT2D eigenvalue weighted by molar-refractivity contribution is 0.102. The maximum absolute atomic E-state index is 12.5. The molecule has 0 aliphatic rings. The summed E-state index contributed by atoms with van der Waals surface area (Å²) in [5.41, 5.74) is 2.31. The van der Waals surface area contributed by atoms with E-state index in [1.165, 1.54) is 6.33 Å². The summed E-state index contributed by atoms with van der Waals surface area (Å²) in [6, 6.07) is 14.9. The van der Waals surface area contributed by atoms with Gasteiger partial charge in [0.2, 0.25) is 0 Å². The van der Waals surface area contributed by atoms with Crippen LogP contribution < -0.4 is 10.1 Å². The molecule has 3 rings (SSSR count). The van der Waals surface area contributed by atoms with Crippen LogP contribution >= 0.6 is 0 Å². The molecule has 2 aromatic carbocycles. The fourth-order valence-electron chi connectivity index (χ4n) is 2.37. The number of hydrogen-bond donors (Lipinski definition) is 1. The lowest BCUT2D eigenvalue weighted by Crippen LogP contribution is -2.13. The molecule has 0 saturated heterocycles. The van der Waals surface area contributed by atoms with E-state index in [0.717, 1.165) is 12.0 Å². The zero-order valence-corrected chi connectivity index (χ0v) is 14.1. The zero-order chi connectivity index (χ0) is 17.5. The minimum absolute atomic E-state index is 0.167. The van der Waals surface area contributed by atoms with Crippen LogP contribution in [0.5, 0.6) is 5.75 Å². The van der Waals surface area contributed by atoms with Gasteiger partial charge in [-0.05, 0) is 36.2 Å². The van der Waals surface area contributed by atoms with Crippen LogP contribution in [0.25, 0.3) is 0 Å². The van der Waals surface area contributed by atoms with E-state index in [9.17, 15) is 4.79 Å². The minimum atomic E-state index is -0.167. The van der Waals surface area contributed by atoms with Gasteiger partial charge in [0.15, 0.2) is 0 Å². The lowest BCUT2D eigenvalue weighted by Gasteiger charge is -2.12. The van der Waals surface area contributed by atoms with Crippen molar-refractivity contribution in [2.45, 2.75) is 19.9 Å². The molecule has 3 aromatic rings. The first-order chi connectivity index (χ1) is 12.3. The summed E-state index contributed by atoms with van der Waals surface area (Å²) in [5, 5.41) is 6.98. The zero-order valence-electron chi connectivity index (χ0n) is 14.1. The standard InChI is InChI=1S/C19H20N4O2/c1-2-11-25-18-6-4-3-5-17(18)22-19(24)16-9-7-15(8-10-16)12-23-14-20-13-21-23/h3-10,13-14H,2,11-12H2,1H3,(H,22,24). The second kappa shape index (κ2) is 8.10. The van der Waals surface area contributed by atoms with Crippen molar-refractivity contribution >= 4 is 11.6 Å². The Morgan fingerprint density at radius 3 is 2.68 bits per heavy atom. The molecule has 128 valence electrons. The van der Waals surface area contributed by atoms with Crippen LogP contribution in [0, 0.1) is 0 Å². The van der Waals surface area contributed by atoms with Gasteiger partial charge in [-0.2, -0.15) is 5.10 Å². The summed E-state index contributed by atoms with van der Waals surface area (Å²) < 4.78 is 7.40. The molecule has 0 atom stereocenters. The number of nitrogens with one attached hydrogen (secondary N) is 1. The molecule has 0 fully saturated rings. The number of anilines is 1. The van der Waals surface area contributed by atoms with Crippen LogP contribution in [-0.2, 0) is 6.54 Å². The van der Waals surface area contributed by atoms with Gasteiger partial charge in [0, 0.05) is 5.56 Å². The molecular formula is C19H20N4O2. The Morgan fingerprint density at radius 2 is 1.96 bits per heavy atom. The Balaban J connectivity index is 1.67. The van der Waals surface area contributed by atoms with Crippen molar-refractivity contribution in [3.8, 4) is 5.75 Å². The molecule has 25 heavy (non-hydrogen) atoms. The fraction of sp³-hybridized carbons (Fsp3) is 0.211. The number of aromatic nitrogens is 3. The number of ether oxygens (including phenoxy) is 1. The second-order valence-electron chi connectivity index (χ2n) is 5.59. The Labute approximate surface area is 146 Å². The van der Waals surface area contributed by atoms with Gasteiger partial charge in [0.05, 0.1) is 18.8 Å². The molecule has 0 unspecified atom stereocenters. The van der Waals surface area contributed by atoms with Gasteiger partial charge in [-0.3, -0.25) is 4.79 Å². The average Bonchev–Trinajstić information content (AvgIpc) is 3.14. The molecule has 1 N–H and O–H groups in total. The van der Waals surface area contributed by atoms with E-state index >= 15 is 0 Å². The largest absolute Gasteiger partial charge is 0.491 e. The van der Waals surface area contributed by atoms with Crippen molar-refractivity contribution in [3.63, 3.8) is 0 Å². The molecule has 1 aromatic heterocycles. The molecule has 1 heterocycles. The summed E-state index contributed by atoms with van der Waals surface area (Å²) in [6.07, 6.45) is 4.07. The van der Waals surface area contributed by atoms with Crippen molar-refractivity contribution in [2.24, 2.45) is 0 Å². The Morgan fingerprint density at radius 1 is 1.16 bits per heavy atom. The first-order valence-electron chi connectivity index (χ1n) is 8.21. The number of amides is 1. The summed E-state index contributed by atoms with van der Waals surface area (Å²) >= 11 is 0. The third-order valence-corrected chi connectivity index (χ3v) is 3.62. The fourth-order valence-corrected chi connectivity index (χ4v) is 2.37. The van der Waals surface area contributed by atoms with Crippen LogP contribution in [0.2, 0.25) is 0 Å². The maximum atomic E-state index is 12.5. The smallest absolute Gasteiger partial charge is 0.255 e. The number of carbonyl (C=O) groups is 1. The van der Waals surface area contributed by atoms with Crippen molar-refractivity contribution in [2.75, 3.05) is 11.9 Å². The molecule has 0 bridgehead atoms. The van der Waals surface area contributed by atoms with E-state index in [1.54, 1.807) is 23.1 Å². The van der Waals surface area contributed by atoms with Crippen LogP contribution in [0.4, 0.5) is 5.69 Å². The van der Waals surface area contributed by atoms with Gasteiger partial charge in [-0.25, -0.2) is 9.67 Å². The van der Waals surface area contributed by atoms with Crippen LogP contribution in [0.3, 0.4) is 0 Å². The lowest BCUT2D eigenvalue weighted by atomic mass is 10.1. The van der Waals surface area contributed by atoms with Crippen molar-refractivity contribution in [1.29, 1.82) is 0 Å². The SMILES string of the molecule is CCCOc1ccccc1NC(=O)c1ccc(Cn2cncn2)cc1. The number of hydrogen-bond acceptors (Lipinski definition) is 4. The average molecular weight is 336 g/mol. The number of carbonyl (C=O) groups excluding carboxylic acids is 1. The minimum Gasteiger partial charge on any atom is -0.491 e. The van der Waals surface area contributed by atoms with Crippen molar-refractivity contribution in [3.05, 3.63) is 72.3 Å². The third-order valence-electron chi connectivity index (χ3n) is 3.62. The predicted octanol–water partition coefficient (Wildman–Crippen LogP) is 3.37. The predicted molar refractivity (Wildman–Crippen MR) is 95.7 cm³/mol. The first-order valence-corrected chi connectivity index (χ1v) is 8.21. The number of benzene rings is 2. The third kappa shape index (κ3) is 4.44. The molecule has 6 heteroatoms. The van der Waals surface area contributed by atoms with Gasteiger partial charge in [0.25, 0.3) is 5.91 Å². The van der Waals surface area contributed by atoms with Crippen LogP contribution in [-0.4, -0.2) is 27.3 Å². The molecular weight excluding hydrogens is 316 g/mol. The summed E-state index contributed by atoms with van der Waals surface area (Å²) in [5.74, 6) is 0.514. The van der Waals surface area contributed by atoms with E-state index in [2.05, 4.69) is 15.4 Å². The number of para-hydroxylation sites is 2. The van der Waals surface area contributed by atoms with E-state index < -0.39 is 0 Å². The molecule has 0 aliphatic heterocycles. The Kier molecular flexibility index (Phi) is 5.41.